The van der Waals surface area contributed by atoms with Gasteiger partial charge >= 0.3 is 0 Å². The summed E-state index contributed by atoms with van der Waals surface area (Å²) in [6.45, 7) is 1.17. The lowest BCUT2D eigenvalue weighted by molar-refractivity contribution is -0.135. The minimum atomic E-state index is -1.38. The average molecular weight is 432 g/mol. The number of carbonyl (C=O) groups excluding carboxylic acids is 5. The molecule has 13 heteroatoms. The maximum absolute atomic E-state index is 12.6. The highest BCUT2D eigenvalue weighted by Gasteiger charge is 2.31. The summed E-state index contributed by atoms with van der Waals surface area (Å²) in [4.78, 5) is 59.3. The lowest BCUT2D eigenvalue weighted by atomic mass is 10.1. The first-order chi connectivity index (χ1) is 14.0. The summed E-state index contributed by atoms with van der Waals surface area (Å²) in [5.41, 5.74) is 15.6. The number of rotatable bonds is 15. The second-order valence-electron chi connectivity index (χ2n) is 6.74. The van der Waals surface area contributed by atoms with Gasteiger partial charge in [-0.3, -0.25) is 24.0 Å². The van der Waals surface area contributed by atoms with Gasteiger partial charge in [-0.2, -0.15) is 0 Å². The van der Waals surface area contributed by atoms with E-state index in [1.165, 1.54) is 6.92 Å². The zero-order valence-electron chi connectivity index (χ0n) is 16.9. The molecule has 0 aliphatic heterocycles. The lowest BCUT2D eigenvalue weighted by Crippen LogP contribution is -2.58. The van der Waals surface area contributed by atoms with Gasteiger partial charge < -0.3 is 43.4 Å². The molecule has 0 rings (SSSR count). The van der Waals surface area contributed by atoms with Gasteiger partial charge in [-0.25, -0.2) is 0 Å². The van der Waals surface area contributed by atoms with Crippen LogP contribution in [0.1, 0.15) is 39.0 Å². The molecule has 0 saturated heterocycles. The SMILES string of the molecule is C[C@@H](O)C(NC(=O)CCO)C(=O)N[C@@H](CCCCN)C(=O)NC(CC(N)=O)C(N)=O. The predicted molar refractivity (Wildman–Crippen MR) is 105 cm³/mol. The molecule has 172 valence electrons. The largest absolute Gasteiger partial charge is 0.396 e. The fourth-order valence-corrected chi connectivity index (χ4v) is 2.47. The van der Waals surface area contributed by atoms with E-state index in [0.717, 1.165) is 0 Å². The van der Waals surface area contributed by atoms with E-state index in [0.29, 0.717) is 19.4 Å². The van der Waals surface area contributed by atoms with Crippen LogP contribution in [0.5, 0.6) is 0 Å². The highest BCUT2D eigenvalue weighted by atomic mass is 16.3. The fraction of sp³-hybridized carbons (Fsp3) is 0.706. The number of amides is 5. The Morgan fingerprint density at radius 1 is 0.933 bits per heavy atom. The number of aliphatic hydroxyl groups excluding tert-OH is 2. The van der Waals surface area contributed by atoms with Crippen LogP contribution in [-0.2, 0) is 24.0 Å². The molecule has 0 bridgehead atoms. The summed E-state index contributed by atoms with van der Waals surface area (Å²) in [7, 11) is 0. The van der Waals surface area contributed by atoms with E-state index in [2.05, 4.69) is 16.0 Å². The zero-order valence-corrected chi connectivity index (χ0v) is 16.9. The quantitative estimate of drug-likeness (QED) is 0.117. The van der Waals surface area contributed by atoms with Crippen molar-refractivity contribution in [3.63, 3.8) is 0 Å². The van der Waals surface area contributed by atoms with Gasteiger partial charge in [-0.1, -0.05) is 0 Å². The number of aliphatic hydroxyl groups is 2. The smallest absolute Gasteiger partial charge is 0.245 e. The Hall–Kier alpha value is -2.77. The number of nitrogens with one attached hydrogen (secondary N) is 3. The van der Waals surface area contributed by atoms with Crippen molar-refractivity contribution in [1.29, 1.82) is 0 Å². The van der Waals surface area contributed by atoms with Crippen LogP contribution in [0.3, 0.4) is 0 Å². The number of carbonyl (C=O) groups is 5. The van der Waals surface area contributed by atoms with Gasteiger partial charge in [-0.05, 0) is 32.7 Å². The first-order valence-corrected chi connectivity index (χ1v) is 9.50. The van der Waals surface area contributed by atoms with E-state index < -0.39 is 66.8 Å². The Morgan fingerprint density at radius 3 is 2.00 bits per heavy atom. The Balaban J connectivity index is 5.34. The molecule has 0 heterocycles. The molecule has 30 heavy (non-hydrogen) atoms. The van der Waals surface area contributed by atoms with Gasteiger partial charge in [0.25, 0.3) is 0 Å². The molecule has 11 N–H and O–H groups in total. The maximum Gasteiger partial charge on any atom is 0.245 e. The molecule has 5 amide bonds. The molecular formula is C17H32N6O7. The van der Waals surface area contributed by atoms with E-state index in [-0.39, 0.29) is 12.8 Å². The molecule has 0 radical (unpaired) electrons. The van der Waals surface area contributed by atoms with Crippen LogP contribution in [0, 0.1) is 0 Å². The number of primary amides is 2. The van der Waals surface area contributed by atoms with Gasteiger partial charge in [-0.15, -0.1) is 0 Å². The molecule has 0 aromatic heterocycles. The molecule has 0 aliphatic carbocycles. The summed E-state index contributed by atoms with van der Waals surface area (Å²) >= 11 is 0. The molecule has 13 nitrogen and oxygen atoms in total. The molecule has 0 aliphatic rings. The number of unbranched alkanes of at least 4 members (excludes halogenated alkanes) is 1. The third kappa shape index (κ3) is 10.7. The van der Waals surface area contributed by atoms with E-state index in [9.17, 15) is 29.1 Å². The highest BCUT2D eigenvalue weighted by molar-refractivity contribution is 5.95. The van der Waals surface area contributed by atoms with Crippen LogP contribution >= 0.6 is 0 Å². The Morgan fingerprint density at radius 2 is 1.53 bits per heavy atom. The van der Waals surface area contributed by atoms with E-state index in [4.69, 9.17) is 22.3 Å². The molecule has 0 aromatic carbocycles. The minimum Gasteiger partial charge on any atom is -0.396 e. The van der Waals surface area contributed by atoms with Crippen LogP contribution in [-0.4, -0.2) is 77.1 Å². The normalized spacial score (nSPS) is 14.7. The van der Waals surface area contributed by atoms with Gasteiger partial charge in [0.2, 0.25) is 29.5 Å². The number of nitrogens with two attached hydrogens (primary N) is 3. The monoisotopic (exact) mass is 432 g/mol. The topological polar surface area (TPSA) is 240 Å². The highest BCUT2D eigenvalue weighted by Crippen LogP contribution is 2.05. The first kappa shape index (κ1) is 27.2. The van der Waals surface area contributed by atoms with Crippen LogP contribution in [0.2, 0.25) is 0 Å². The molecule has 0 fully saturated rings. The molecule has 0 saturated carbocycles. The third-order valence-electron chi connectivity index (χ3n) is 4.07. The average Bonchev–Trinajstić information content (AvgIpc) is 2.64. The van der Waals surface area contributed by atoms with Crippen molar-refractivity contribution in [2.45, 2.75) is 63.3 Å². The molecule has 4 atom stereocenters. The maximum atomic E-state index is 12.6. The van der Waals surface area contributed by atoms with Crippen molar-refractivity contribution < 1.29 is 34.2 Å². The Labute approximate surface area is 174 Å². The molecule has 0 spiro atoms. The Kier molecular flexibility index (Phi) is 12.9. The van der Waals surface area contributed by atoms with Gasteiger partial charge in [0.05, 0.1) is 19.1 Å². The summed E-state index contributed by atoms with van der Waals surface area (Å²) in [5, 5.41) is 25.6. The second-order valence-corrected chi connectivity index (χ2v) is 6.74. The zero-order chi connectivity index (χ0) is 23.3. The number of hydrogen-bond donors (Lipinski definition) is 8. The summed E-state index contributed by atoms with van der Waals surface area (Å²) in [6.07, 6.45) is -0.959. The van der Waals surface area contributed by atoms with Crippen molar-refractivity contribution >= 4 is 29.5 Å². The van der Waals surface area contributed by atoms with Crippen LogP contribution in [0.4, 0.5) is 0 Å². The van der Waals surface area contributed by atoms with Crippen LogP contribution in [0.15, 0.2) is 0 Å². The lowest BCUT2D eigenvalue weighted by Gasteiger charge is -2.25. The van der Waals surface area contributed by atoms with E-state index in [1.807, 2.05) is 0 Å². The van der Waals surface area contributed by atoms with Crippen molar-refractivity contribution in [1.82, 2.24) is 16.0 Å². The second kappa shape index (κ2) is 14.3. The fourth-order valence-electron chi connectivity index (χ4n) is 2.47. The van der Waals surface area contributed by atoms with Crippen molar-refractivity contribution in [2.24, 2.45) is 17.2 Å². The van der Waals surface area contributed by atoms with Crippen LogP contribution in [0.25, 0.3) is 0 Å². The third-order valence-corrected chi connectivity index (χ3v) is 4.07. The van der Waals surface area contributed by atoms with E-state index in [1.54, 1.807) is 0 Å². The van der Waals surface area contributed by atoms with Gasteiger partial charge in [0, 0.05) is 6.42 Å². The predicted octanol–water partition coefficient (Wildman–Crippen LogP) is -4.31. The first-order valence-electron chi connectivity index (χ1n) is 9.50. The standard InChI is InChI=1S/C17H32N6O7/c1-9(25)14(23-13(27)5-7-24)17(30)21-10(4-2-3-6-18)16(29)22-11(15(20)28)8-12(19)26/h9-11,14,24-25H,2-8,18H2,1H3,(H2,19,26)(H2,20,28)(H,21,30)(H,22,29)(H,23,27)/t9-,10+,11?,14?/m1/s1. The molecule has 2 unspecified atom stereocenters. The summed E-state index contributed by atoms with van der Waals surface area (Å²) < 4.78 is 0. The molecule has 0 aromatic rings. The van der Waals surface area contributed by atoms with Gasteiger partial charge in [0.15, 0.2) is 0 Å². The van der Waals surface area contributed by atoms with Crippen molar-refractivity contribution in [3.8, 4) is 0 Å². The summed E-state index contributed by atoms with van der Waals surface area (Å²) in [6, 6.07) is -3.90. The van der Waals surface area contributed by atoms with Crippen LogP contribution < -0.4 is 33.2 Å². The van der Waals surface area contributed by atoms with Gasteiger partial charge in [0.1, 0.15) is 18.1 Å². The molecular weight excluding hydrogens is 400 g/mol. The minimum absolute atomic E-state index is 0.133. The number of hydrogen-bond acceptors (Lipinski definition) is 8. The van der Waals surface area contributed by atoms with Crippen molar-refractivity contribution in [2.75, 3.05) is 13.2 Å². The summed E-state index contributed by atoms with van der Waals surface area (Å²) in [5.74, 6) is -4.15. The Bertz CT molecular complexity index is 613. The van der Waals surface area contributed by atoms with Crippen molar-refractivity contribution in [3.05, 3.63) is 0 Å². The van der Waals surface area contributed by atoms with E-state index >= 15 is 0 Å².